The van der Waals surface area contributed by atoms with E-state index in [0.717, 1.165) is 0 Å². The van der Waals surface area contributed by atoms with Crippen LogP contribution >= 0.6 is 0 Å². The molecule has 2 N–H and O–H groups in total. The summed E-state index contributed by atoms with van der Waals surface area (Å²) in [7, 11) is 1.58. The molecule has 1 fully saturated rings. The number of hydrogen-bond donors (Lipinski definition) is 2. The Kier molecular flexibility index (Phi) is 5.47. The number of benzene rings is 1. The van der Waals surface area contributed by atoms with Crippen LogP contribution in [0, 0.1) is 6.92 Å². The number of carbonyl (C=O) groups is 1. The predicted molar refractivity (Wildman–Crippen MR) is 103 cm³/mol. The number of anilines is 1. The molecule has 0 aliphatic carbocycles. The van der Waals surface area contributed by atoms with Crippen LogP contribution in [0.25, 0.3) is 11.0 Å². The molecule has 0 saturated carbocycles. The number of nitrogens with one attached hydrogen (secondary N) is 1. The molecule has 28 heavy (non-hydrogen) atoms. The van der Waals surface area contributed by atoms with E-state index >= 15 is 0 Å². The van der Waals surface area contributed by atoms with Crippen molar-refractivity contribution in [2.45, 2.75) is 58.2 Å². The zero-order chi connectivity index (χ0) is 20.6. The van der Waals surface area contributed by atoms with Gasteiger partial charge in [-0.1, -0.05) is 0 Å². The van der Waals surface area contributed by atoms with E-state index in [9.17, 15) is 14.7 Å². The number of fused-ring (bicyclic) bond motifs is 1. The number of aliphatic hydroxyl groups excluding tert-OH is 1. The van der Waals surface area contributed by atoms with E-state index in [-0.39, 0.29) is 17.7 Å². The molecule has 152 valence electrons. The summed E-state index contributed by atoms with van der Waals surface area (Å²) in [5, 5.41) is 13.5. The third kappa shape index (κ3) is 3.89. The van der Waals surface area contributed by atoms with Crippen LogP contribution in [-0.4, -0.2) is 42.2 Å². The maximum atomic E-state index is 12.1. The molecule has 8 heteroatoms. The average molecular weight is 391 g/mol. The van der Waals surface area contributed by atoms with Crippen LogP contribution in [-0.2, 0) is 14.3 Å². The number of methoxy groups -OCH3 is 1. The van der Waals surface area contributed by atoms with Gasteiger partial charge >= 0.3 is 5.63 Å². The van der Waals surface area contributed by atoms with Crippen molar-refractivity contribution in [2.24, 2.45) is 0 Å². The summed E-state index contributed by atoms with van der Waals surface area (Å²) >= 11 is 0. The number of aryl methyl sites for hydroxylation is 1. The lowest BCUT2D eigenvalue weighted by Crippen LogP contribution is -2.55. The summed E-state index contributed by atoms with van der Waals surface area (Å²) in [5.74, 6) is 0.0716. The summed E-state index contributed by atoms with van der Waals surface area (Å²) < 4.78 is 22.6. The van der Waals surface area contributed by atoms with Crippen LogP contribution in [0.3, 0.4) is 0 Å². The molecule has 2 heterocycles. The fourth-order valence-electron chi connectivity index (χ4n) is 3.39. The molecule has 1 aromatic heterocycles. The highest BCUT2D eigenvalue weighted by Gasteiger charge is 2.44. The molecule has 1 amide bonds. The van der Waals surface area contributed by atoms with Gasteiger partial charge in [0.15, 0.2) is 0 Å². The molecular formula is C20H25NO7. The zero-order valence-electron chi connectivity index (χ0n) is 16.6. The SMILES string of the molecule is CO[C@@H]1CC(O)[C@H](Oc2ccc3cc(NC(C)=O)c(=O)oc3c2C)OC1(C)C. The molecule has 1 aliphatic heterocycles. The Labute approximate surface area is 162 Å². The Morgan fingerprint density at radius 2 is 2.07 bits per heavy atom. The highest BCUT2D eigenvalue weighted by Crippen LogP contribution is 2.34. The molecule has 2 aromatic rings. The van der Waals surface area contributed by atoms with Crippen LogP contribution in [0.5, 0.6) is 5.75 Å². The van der Waals surface area contributed by atoms with Crippen molar-refractivity contribution >= 4 is 22.6 Å². The van der Waals surface area contributed by atoms with Gasteiger partial charge in [-0.3, -0.25) is 4.79 Å². The van der Waals surface area contributed by atoms with Gasteiger partial charge in [-0.15, -0.1) is 0 Å². The third-order valence-electron chi connectivity index (χ3n) is 4.90. The molecule has 3 atom stereocenters. The Morgan fingerprint density at radius 3 is 2.71 bits per heavy atom. The summed E-state index contributed by atoms with van der Waals surface area (Å²) in [6, 6.07) is 4.97. The number of ether oxygens (including phenoxy) is 3. The Hall–Kier alpha value is -2.42. The number of amides is 1. The zero-order valence-corrected chi connectivity index (χ0v) is 16.6. The average Bonchev–Trinajstić information content (AvgIpc) is 2.61. The maximum Gasteiger partial charge on any atom is 0.360 e. The van der Waals surface area contributed by atoms with Crippen molar-refractivity contribution in [2.75, 3.05) is 12.4 Å². The van der Waals surface area contributed by atoms with Gasteiger partial charge in [-0.25, -0.2) is 4.79 Å². The topological polar surface area (TPSA) is 107 Å². The summed E-state index contributed by atoms with van der Waals surface area (Å²) in [4.78, 5) is 23.3. The van der Waals surface area contributed by atoms with Crippen LogP contribution in [0.15, 0.2) is 27.4 Å². The van der Waals surface area contributed by atoms with Crippen molar-refractivity contribution in [1.29, 1.82) is 0 Å². The molecule has 0 bridgehead atoms. The second-order valence-electron chi connectivity index (χ2n) is 7.47. The van der Waals surface area contributed by atoms with E-state index in [1.165, 1.54) is 6.92 Å². The van der Waals surface area contributed by atoms with Gasteiger partial charge in [0.05, 0.1) is 11.7 Å². The summed E-state index contributed by atoms with van der Waals surface area (Å²) in [5.41, 5.74) is -0.279. The normalized spacial score (nSPS) is 24.1. The third-order valence-corrected chi connectivity index (χ3v) is 4.90. The van der Waals surface area contributed by atoms with Gasteiger partial charge in [0.1, 0.15) is 23.1 Å². The van der Waals surface area contributed by atoms with Gasteiger partial charge in [0, 0.05) is 31.4 Å². The Balaban J connectivity index is 1.91. The molecule has 0 spiro atoms. The van der Waals surface area contributed by atoms with Crippen molar-refractivity contribution < 1.29 is 28.5 Å². The first kappa shape index (κ1) is 20.3. The van der Waals surface area contributed by atoms with Gasteiger partial charge in [-0.2, -0.15) is 0 Å². The fraction of sp³-hybridized carbons (Fsp3) is 0.500. The molecule has 8 nitrogen and oxygen atoms in total. The van der Waals surface area contributed by atoms with Crippen molar-refractivity contribution in [3.05, 3.63) is 34.2 Å². The van der Waals surface area contributed by atoms with E-state index in [0.29, 0.717) is 28.7 Å². The van der Waals surface area contributed by atoms with Crippen LogP contribution in [0.4, 0.5) is 5.69 Å². The highest BCUT2D eigenvalue weighted by atomic mass is 16.7. The minimum absolute atomic E-state index is 0.0754. The van der Waals surface area contributed by atoms with Gasteiger partial charge in [0.2, 0.25) is 12.2 Å². The first-order valence-corrected chi connectivity index (χ1v) is 9.02. The molecule has 1 unspecified atom stereocenters. The molecule has 3 rings (SSSR count). The van der Waals surface area contributed by atoms with E-state index in [4.69, 9.17) is 18.6 Å². The van der Waals surface area contributed by atoms with Gasteiger partial charge in [-0.05, 0) is 39.0 Å². The Bertz CT molecular complexity index is 949. The van der Waals surface area contributed by atoms with E-state index in [1.807, 2.05) is 13.8 Å². The smallest absolute Gasteiger partial charge is 0.360 e. The highest BCUT2D eigenvalue weighted by molar-refractivity contribution is 5.91. The maximum absolute atomic E-state index is 12.1. The second kappa shape index (κ2) is 7.54. The van der Waals surface area contributed by atoms with Crippen molar-refractivity contribution in [3.63, 3.8) is 0 Å². The minimum atomic E-state index is -0.886. The molecule has 1 aliphatic rings. The van der Waals surface area contributed by atoms with Crippen molar-refractivity contribution in [3.8, 4) is 5.75 Å². The molecular weight excluding hydrogens is 366 g/mol. The van der Waals surface area contributed by atoms with E-state index in [1.54, 1.807) is 32.2 Å². The quantitative estimate of drug-likeness (QED) is 0.770. The summed E-state index contributed by atoms with van der Waals surface area (Å²) in [6.07, 6.45) is -1.65. The Morgan fingerprint density at radius 1 is 1.36 bits per heavy atom. The number of carbonyl (C=O) groups excluding carboxylic acids is 1. The summed E-state index contributed by atoms with van der Waals surface area (Å²) in [6.45, 7) is 6.81. The first-order valence-electron chi connectivity index (χ1n) is 9.02. The lowest BCUT2D eigenvalue weighted by atomic mass is 9.92. The lowest BCUT2D eigenvalue weighted by molar-refractivity contribution is -0.271. The van der Waals surface area contributed by atoms with Gasteiger partial charge in [0.25, 0.3) is 0 Å². The van der Waals surface area contributed by atoms with E-state index < -0.39 is 23.6 Å². The largest absolute Gasteiger partial charge is 0.462 e. The van der Waals surface area contributed by atoms with E-state index in [2.05, 4.69) is 5.32 Å². The van der Waals surface area contributed by atoms with Crippen LogP contribution in [0.2, 0.25) is 0 Å². The lowest BCUT2D eigenvalue weighted by Gasteiger charge is -2.43. The predicted octanol–water partition coefficient (Wildman–Crippen LogP) is 2.34. The van der Waals surface area contributed by atoms with Gasteiger partial charge < -0.3 is 29.1 Å². The first-order chi connectivity index (χ1) is 13.1. The fourth-order valence-corrected chi connectivity index (χ4v) is 3.39. The molecule has 1 saturated heterocycles. The van der Waals surface area contributed by atoms with Crippen LogP contribution in [0.1, 0.15) is 32.8 Å². The minimum Gasteiger partial charge on any atom is -0.462 e. The number of rotatable bonds is 4. The van der Waals surface area contributed by atoms with Crippen molar-refractivity contribution in [1.82, 2.24) is 0 Å². The van der Waals surface area contributed by atoms with Crippen LogP contribution < -0.4 is 15.7 Å². The monoisotopic (exact) mass is 391 g/mol. The molecule has 1 aromatic carbocycles. The second-order valence-corrected chi connectivity index (χ2v) is 7.47. The number of aliphatic hydroxyl groups is 1. The standard InChI is InChI=1S/C20H25NO7/c1-10-15(26-19-14(23)9-16(25-5)20(3,4)28-19)7-6-12-8-13(21-11(2)22)18(24)27-17(10)12/h6-8,14,16,19,23H,9H2,1-5H3,(H,21,22)/t14?,16-,19-/m1/s1. The molecule has 0 radical (unpaired) electrons. The number of hydrogen-bond acceptors (Lipinski definition) is 7.